The third-order valence-corrected chi connectivity index (χ3v) is 3.94. The van der Waals surface area contributed by atoms with Gasteiger partial charge in [-0.15, -0.1) is 0 Å². The summed E-state index contributed by atoms with van der Waals surface area (Å²) in [6, 6.07) is 5.70. The number of nitrogens with zero attached hydrogens (tertiary/aromatic N) is 2. The molecule has 0 aliphatic rings. The first-order valence-electron chi connectivity index (χ1n) is 7.95. The van der Waals surface area contributed by atoms with Crippen LogP contribution >= 0.6 is 0 Å². The van der Waals surface area contributed by atoms with Crippen LogP contribution in [0.25, 0.3) is 11.1 Å². The molecular weight excluding hydrogens is 304 g/mol. The van der Waals surface area contributed by atoms with E-state index in [-0.39, 0.29) is 0 Å². The van der Waals surface area contributed by atoms with E-state index in [1.807, 2.05) is 25.1 Å². The van der Waals surface area contributed by atoms with Gasteiger partial charge in [-0.05, 0) is 44.9 Å². The zero-order valence-electron chi connectivity index (χ0n) is 14.6. The highest BCUT2D eigenvalue weighted by molar-refractivity contribution is 5.99. The van der Waals surface area contributed by atoms with Crippen LogP contribution in [-0.4, -0.2) is 28.0 Å². The lowest BCUT2D eigenvalue weighted by Gasteiger charge is -2.20. The van der Waals surface area contributed by atoms with Crippen molar-refractivity contribution >= 4 is 11.6 Å². The van der Waals surface area contributed by atoms with E-state index in [9.17, 15) is 4.79 Å². The third-order valence-electron chi connectivity index (χ3n) is 3.94. The fourth-order valence-electron chi connectivity index (χ4n) is 2.23. The SMILES string of the molecule is CCCOc1cc(-c2cnn(C(C)(C)C(N)=O)c2)ccc1C(C)=N. The van der Waals surface area contributed by atoms with E-state index in [1.54, 1.807) is 37.8 Å². The Morgan fingerprint density at radius 1 is 1.38 bits per heavy atom. The van der Waals surface area contributed by atoms with Crippen LogP contribution in [-0.2, 0) is 10.3 Å². The van der Waals surface area contributed by atoms with Crippen LogP contribution in [0.3, 0.4) is 0 Å². The first kappa shape index (κ1) is 17.7. The maximum atomic E-state index is 11.6. The molecule has 0 spiro atoms. The molecular formula is C18H24N4O2. The average molecular weight is 328 g/mol. The smallest absolute Gasteiger partial charge is 0.244 e. The Balaban J connectivity index is 2.41. The van der Waals surface area contributed by atoms with Crippen molar-refractivity contribution < 1.29 is 9.53 Å². The Bertz CT molecular complexity index is 762. The minimum absolute atomic E-state index is 0.445. The number of primary amides is 1. The van der Waals surface area contributed by atoms with Crippen LogP contribution < -0.4 is 10.5 Å². The summed E-state index contributed by atoms with van der Waals surface area (Å²) in [5.74, 6) is 0.239. The van der Waals surface area contributed by atoms with Gasteiger partial charge in [-0.2, -0.15) is 5.10 Å². The quantitative estimate of drug-likeness (QED) is 0.765. The van der Waals surface area contributed by atoms with Gasteiger partial charge in [-0.3, -0.25) is 9.48 Å². The molecule has 1 aromatic heterocycles. The van der Waals surface area contributed by atoms with E-state index >= 15 is 0 Å². The van der Waals surface area contributed by atoms with Crippen molar-refractivity contribution in [3.63, 3.8) is 0 Å². The largest absolute Gasteiger partial charge is 0.493 e. The first-order valence-corrected chi connectivity index (χ1v) is 7.95. The van der Waals surface area contributed by atoms with E-state index in [4.69, 9.17) is 15.9 Å². The maximum Gasteiger partial charge on any atom is 0.244 e. The molecule has 1 heterocycles. The predicted molar refractivity (Wildman–Crippen MR) is 94.5 cm³/mol. The molecule has 0 atom stereocenters. The summed E-state index contributed by atoms with van der Waals surface area (Å²) in [7, 11) is 0. The molecule has 6 nitrogen and oxygen atoms in total. The number of benzene rings is 1. The van der Waals surface area contributed by atoms with Crippen LogP contribution in [0.1, 0.15) is 39.7 Å². The summed E-state index contributed by atoms with van der Waals surface area (Å²) in [5, 5.41) is 12.1. The van der Waals surface area contributed by atoms with Crippen LogP contribution in [0.2, 0.25) is 0 Å². The van der Waals surface area contributed by atoms with Gasteiger partial charge in [-0.25, -0.2) is 0 Å². The summed E-state index contributed by atoms with van der Waals surface area (Å²) >= 11 is 0. The topological polar surface area (TPSA) is 94.0 Å². The van der Waals surface area contributed by atoms with E-state index in [0.717, 1.165) is 23.1 Å². The maximum absolute atomic E-state index is 11.6. The van der Waals surface area contributed by atoms with Gasteiger partial charge in [0.15, 0.2) is 0 Å². The molecule has 0 bridgehead atoms. The number of aromatic nitrogens is 2. The van der Waals surface area contributed by atoms with Crippen molar-refractivity contribution in [3.8, 4) is 16.9 Å². The molecule has 2 rings (SSSR count). The summed E-state index contributed by atoms with van der Waals surface area (Å²) < 4.78 is 7.34. The highest BCUT2D eigenvalue weighted by Gasteiger charge is 2.28. The van der Waals surface area contributed by atoms with Gasteiger partial charge in [0.25, 0.3) is 0 Å². The number of ether oxygens (including phenoxy) is 1. The lowest BCUT2D eigenvalue weighted by molar-refractivity contribution is -0.125. The molecule has 3 N–H and O–H groups in total. The Hall–Kier alpha value is -2.63. The fourth-order valence-corrected chi connectivity index (χ4v) is 2.23. The number of hydrogen-bond acceptors (Lipinski definition) is 4. The summed E-state index contributed by atoms with van der Waals surface area (Å²) in [5.41, 5.74) is 7.55. The molecule has 0 radical (unpaired) electrons. The molecule has 1 amide bonds. The lowest BCUT2D eigenvalue weighted by atomic mass is 10.0. The minimum atomic E-state index is -0.898. The number of nitrogens with one attached hydrogen (secondary N) is 1. The molecule has 0 aliphatic carbocycles. The number of amides is 1. The second kappa shape index (κ2) is 6.86. The van der Waals surface area contributed by atoms with E-state index in [1.165, 1.54) is 0 Å². The number of carbonyl (C=O) groups is 1. The lowest BCUT2D eigenvalue weighted by Crippen LogP contribution is -2.41. The van der Waals surface area contributed by atoms with Crippen LogP contribution in [0.15, 0.2) is 30.6 Å². The highest BCUT2D eigenvalue weighted by Crippen LogP contribution is 2.29. The van der Waals surface area contributed by atoms with E-state index < -0.39 is 11.4 Å². The third kappa shape index (κ3) is 3.48. The van der Waals surface area contributed by atoms with Gasteiger partial charge in [-0.1, -0.05) is 13.0 Å². The molecule has 2 aromatic rings. The average Bonchev–Trinajstić information content (AvgIpc) is 3.03. The predicted octanol–water partition coefficient (Wildman–Crippen LogP) is 2.95. The molecule has 0 saturated carbocycles. The molecule has 1 aromatic carbocycles. The Morgan fingerprint density at radius 3 is 2.67 bits per heavy atom. The van der Waals surface area contributed by atoms with Crippen LogP contribution in [0.5, 0.6) is 5.75 Å². The highest BCUT2D eigenvalue weighted by atomic mass is 16.5. The second-order valence-corrected chi connectivity index (χ2v) is 6.28. The first-order chi connectivity index (χ1) is 11.3. The van der Waals surface area contributed by atoms with Gasteiger partial charge < -0.3 is 15.9 Å². The van der Waals surface area contributed by atoms with Crippen LogP contribution in [0, 0.1) is 5.41 Å². The van der Waals surface area contributed by atoms with Gasteiger partial charge >= 0.3 is 0 Å². The number of hydrogen-bond donors (Lipinski definition) is 2. The molecule has 0 unspecified atom stereocenters. The molecule has 6 heteroatoms. The number of nitrogens with two attached hydrogens (primary N) is 1. The van der Waals surface area contributed by atoms with Crippen LogP contribution in [0.4, 0.5) is 0 Å². The summed E-state index contributed by atoms with van der Waals surface area (Å²) in [4.78, 5) is 11.6. The molecule has 0 fully saturated rings. The van der Waals surface area contributed by atoms with Gasteiger partial charge in [0.05, 0.1) is 12.8 Å². The standard InChI is InChI=1S/C18H24N4O2/c1-5-8-24-16-9-13(6-7-15(16)12(2)19)14-10-21-22(11-14)18(3,4)17(20)23/h6-7,9-11,19H,5,8H2,1-4H3,(H2,20,23). The normalized spacial score (nSPS) is 11.3. The zero-order chi connectivity index (χ0) is 17.9. The minimum Gasteiger partial charge on any atom is -0.493 e. The number of rotatable bonds is 7. The number of carbonyl (C=O) groups excluding carboxylic acids is 1. The van der Waals surface area contributed by atoms with E-state index in [0.29, 0.717) is 18.1 Å². The van der Waals surface area contributed by atoms with Crippen molar-refractivity contribution in [2.45, 2.75) is 39.7 Å². The van der Waals surface area contributed by atoms with Crippen molar-refractivity contribution in [1.29, 1.82) is 5.41 Å². The zero-order valence-corrected chi connectivity index (χ0v) is 14.6. The molecule has 0 aliphatic heterocycles. The summed E-state index contributed by atoms with van der Waals surface area (Å²) in [6.45, 7) is 7.82. The fraction of sp³-hybridized carbons (Fsp3) is 0.389. The van der Waals surface area contributed by atoms with Crippen molar-refractivity contribution in [2.24, 2.45) is 5.73 Å². The molecule has 128 valence electrons. The molecule has 24 heavy (non-hydrogen) atoms. The van der Waals surface area contributed by atoms with Crippen molar-refractivity contribution in [1.82, 2.24) is 9.78 Å². The van der Waals surface area contributed by atoms with Gasteiger partial charge in [0, 0.05) is 23.0 Å². The second-order valence-electron chi connectivity index (χ2n) is 6.28. The van der Waals surface area contributed by atoms with Crippen molar-refractivity contribution in [3.05, 3.63) is 36.2 Å². The Kier molecular flexibility index (Phi) is 5.07. The van der Waals surface area contributed by atoms with Gasteiger partial charge in [0.2, 0.25) is 5.91 Å². The Morgan fingerprint density at radius 2 is 2.08 bits per heavy atom. The Labute approximate surface area is 142 Å². The molecule has 0 saturated heterocycles. The van der Waals surface area contributed by atoms with Gasteiger partial charge in [0.1, 0.15) is 11.3 Å². The van der Waals surface area contributed by atoms with Crippen molar-refractivity contribution in [2.75, 3.05) is 6.61 Å². The van der Waals surface area contributed by atoms with E-state index in [2.05, 4.69) is 5.10 Å². The monoisotopic (exact) mass is 328 g/mol. The summed E-state index contributed by atoms with van der Waals surface area (Å²) in [6.07, 6.45) is 4.38.